The van der Waals surface area contributed by atoms with E-state index >= 15 is 0 Å². The molecule has 0 aliphatic rings. The number of rotatable bonds is 5. The average Bonchev–Trinajstić information content (AvgIpc) is 3.22. The molecule has 29 heavy (non-hydrogen) atoms. The van der Waals surface area contributed by atoms with E-state index in [0.29, 0.717) is 29.1 Å². The van der Waals surface area contributed by atoms with E-state index in [-0.39, 0.29) is 16.9 Å². The van der Waals surface area contributed by atoms with Gasteiger partial charge in [-0.15, -0.1) is 0 Å². The molecular formula is C21H18BrN3O3S. The van der Waals surface area contributed by atoms with Gasteiger partial charge in [-0.25, -0.2) is 0 Å². The van der Waals surface area contributed by atoms with Crippen molar-refractivity contribution in [1.29, 1.82) is 0 Å². The number of nitrogens with one attached hydrogen (secondary N) is 3. The summed E-state index contributed by atoms with van der Waals surface area (Å²) in [5.41, 5.74) is 2.56. The zero-order chi connectivity index (χ0) is 20.8. The van der Waals surface area contributed by atoms with Crippen molar-refractivity contribution in [2.24, 2.45) is 0 Å². The van der Waals surface area contributed by atoms with Crippen molar-refractivity contribution in [3.63, 3.8) is 0 Å². The molecule has 3 rings (SSSR count). The number of hydrogen-bond donors (Lipinski definition) is 3. The minimum atomic E-state index is -0.324. The molecule has 1 aromatic heterocycles. The second-order valence-electron chi connectivity index (χ2n) is 6.22. The van der Waals surface area contributed by atoms with Gasteiger partial charge in [-0.3, -0.25) is 14.9 Å². The predicted molar refractivity (Wildman–Crippen MR) is 119 cm³/mol. The maximum absolute atomic E-state index is 12.3. The lowest BCUT2D eigenvalue weighted by molar-refractivity contribution is 0.0946. The highest BCUT2D eigenvalue weighted by atomic mass is 79.9. The summed E-state index contributed by atoms with van der Waals surface area (Å²) in [6.07, 6.45) is 1.55. The maximum Gasteiger partial charge on any atom is 0.257 e. The van der Waals surface area contributed by atoms with Gasteiger partial charge in [0.25, 0.3) is 11.8 Å². The van der Waals surface area contributed by atoms with Gasteiger partial charge >= 0.3 is 0 Å². The summed E-state index contributed by atoms with van der Waals surface area (Å²) >= 11 is 8.63. The summed E-state index contributed by atoms with van der Waals surface area (Å²) in [6.45, 7) is 2.24. The number of benzene rings is 2. The van der Waals surface area contributed by atoms with Crippen LogP contribution in [0, 0.1) is 6.92 Å². The van der Waals surface area contributed by atoms with Crippen LogP contribution in [-0.2, 0) is 6.54 Å². The van der Waals surface area contributed by atoms with E-state index in [0.717, 1.165) is 10.0 Å². The Labute approximate surface area is 181 Å². The molecule has 3 aromatic rings. The summed E-state index contributed by atoms with van der Waals surface area (Å²) in [6, 6.07) is 15.7. The smallest absolute Gasteiger partial charge is 0.257 e. The highest BCUT2D eigenvalue weighted by Gasteiger charge is 2.11. The lowest BCUT2D eigenvalue weighted by Gasteiger charge is -2.11. The van der Waals surface area contributed by atoms with Crippen LogP contribution in [0.5, 0.6) is 0 Å². The molecule has 0 saturated carbocycles. The van der Waals surface area contributed by atoms with Gasteiger partial charge in [0, 0.05) is 21.3 Å². The number of halogens is 1. The van der Waals surface area contributed by atoms with Crippen LogP contribution in [0.3, 0.4) is 0 Å². The Morgan fingerprint density at radius 2 is 1.83 bits per heavy atom. The second kappa shape index (κ2) is 9.49. The number of anilines is 1. The van der Waals surface area contributed by atoms with Gasteiger partial charge in [0.2, 0.25) is 0 Å². The van der Waals surface area contributed by atoms with Crippen molar-refractivity contribution in [1.82, 2.24) is 10.6 Å². The summed E-state index contributed by atoms with van der Waals surface area (Å²) in [5, 5.41) is 8.47. The highest BCUT2D eigenvalue weighted by Crippen LogP contribution is 2.17. The maximum atomic E-state index is 12.3. The van der Waals surface area contributed by atoms with Crippen LogP contribution in [0.25, 0.3) is 0 Å². The molecule has 0 aliphatic carbocycles. The molecule has 0 aliphatic heterocycles. The molecule has 0 radical (unpaired) electrons. The third kappa shape index (κ3) is 5.75. The first-order valence-corrected chi connectivity index (χ1v) is 9.91. The van der Waals surface area contributed by atoms with Crippen molar-refractivity contribution in [2.45, 2.75) is 13.5 Å². The van der Waals surface area contributed by atoms with Crippen molar-refractivity contribution >= 4 is 50.8 Å². The number of carbonyl (C=O) groups excluding carboxylic acids is 2. The molecule has 3 N–H and O–H groups in total. The molecule has 0 fully saturated rings. The van der Waals surface area contributed by atoms with E-state index in [9.17, 15) is 9.59 Å². The van der Waals surface area contributed by atoms with E-state index in [4.69, 9.17) is 16.6 Å². The first kappa shape index (κ1) is 20.8. The minimum Gasteiger partial charge on any atom is -0.467 e. The SMILES string of the molecule is Cc1ccc(C(=O)NC(=S)Nc2cccc(C(=O)NCc3ccco3)c2)cc1Br. The summed E-state index contributed by atoms with van der Waals surface area (Å²) in [4.78, 5) is 24.7. The fourth-order valence-corrected chi connectivity index (χ4v) is 3.08. The first-order valence-electron chi connectivity index (χ1n) is 8.71. The van der Waals surface area contributed by atoms with Crippen molar-refractivity contribution in [2.75, 3.05) is 5.32 Å². The zero-order valence-electron chi connectivity index (χ0n) is 15.5. The van der Waals surface area contributed by atoms with E-state index < -0.39 is 0 Å². The normalized spacial score (nSPS) is 10.3. The Bertz CT molecular complexity index is 1050. The average molecular weight is 472 g/mol. The third-order valence-corrected chi connectivity index (χ3v) is 5.11. The van der Waals surface area contributed by atoms with Gasteiger partial charge in [0.1, 0.15) is 5.76 Å². The van der Waals surface area contributed by atoms with Gasteiger partial charge < -0.3 is 15.1 Å². The molecule has 1 heterocycles. The lowest BCUT2D eigenvalue weighted by atomic mass is 10.1. The molecule has 6 nitrogen and oxygen atoms in total. The Balaban J connectivity index is 1.58. The van der Waals surface area contributed by atoms with Gasteiger partial charge in [0.15, 0.2) is 5.11 Å². The highest BCUT2D eigenvalue weighted by molar-refractivity contribution is 9.10. The predicted octanol–water partition coefficient (Wildman–Crippen LogP) is 4.41. The second-order valence-corrected chi connectivity index (χ2v) is 7.48. The van der Waals surface area contributed by atoms with Crippen LogP contribution in [-0.4, -0.2) is 16.9 Å². The summed E-state index contributed by atoms with van der Waals surface area (Å²) in [7, 11) is 0. The quantitative estimate of drug-likeness (QED) is 0.480. The van der Waals surface area contributed by atoms with Crippen LogP contribution in [0.15, 0.2) is 69.8 Å². The molecular weight excluding hydrogens is 454 g/mol. The van der Waals surface area contributed by atoms with Crippen LogP contribution in [0.2, 0.25) is 0 Å². The van der Waals surface area contributed by atoms with Crippen LogP contribution in [0.1, 0.15) is 32.0 Å². The third-order valence-electron chi connectivity index (χ3n) is 4.05. The van der Waals surface area contributed by atoms with Gasteiger partial charge in [-0.1, -0.05) is 28.1 Å². The van der Waals surface area contributed by atoms with E-state index in [1.165, 1.54) is 0 Å². The molecule has 8 heteroatoms. The summed E-state index contributed by atoms with van der Waals surface area (Å²) in [5.74, 6) is 0.0966. The van der Waals surface area contributed by atoms with Crippen molar-refractivity contribution < 1.29 is 14.0 Å². The molecule has 148 valence electrons. The van der Waals surface area contributed by atoms with E-state index in [1.54, 1.807) is 54.8 Å². The molecule has 0 atom stereocenters. The van der Waals surface area contributed by atoms with Crippen LogP contribution < -0.4 is 16.0 Å². The number of aryl methyl sites for hydroxylation is 1. The van der Waals surface area contributed by atoms with E-state index in [2.05, 4.69) is 31.9 Å². The first-order chi connectivity index (χ1) is 13.9. The van der Waals surface area contributed by atoms with E-state index in [1.807, 2.05) is 13.0 Å². The van der Waals surface area contributed by atoms with Crippen LogP contribution >= 0.6 is 28.1 Å². The molecule has 0 saturated heterocycles. The number of furan rings is 1. The standard InChI is InChI=1S/C21H18BrN3O3S/c1-13-7-8-15(11-18(13)22)20(27)25-21(29)24-16-5-2-4-14(10-16)19(26)23-12-17-6-3-9-28-17/h2-11H,12H2,1H3,(H,23,26)(H2,24,25,27,29). The Kier molecular flexibility index (Phi) is 6.79. The lowest BCUT2D eigenvalue weighted by Crippen LogP contribution is -2.34. The van der Waals surface area contributed by atoms with Gasteiger partial charge in [0.05, 0.1) is 12.8 Å². The molecule has 2 amide bonds. The Morgan fingerprint density at radius 1 is 1.03 bits per heavy atom. The van der Waals surface area contributed by atoms with Crippen molar-refractivity contribution in [3.05, 3.63) is 87.8 Å². The zero-order valence-corrected chi connectivity index (χ0v) is 17.9. The molecule has 0 unspecified atom stereocenters. The number of hydrogen-bond acceptors (Lipinski definition) is 4. The fourth-order valence-electron chi connectivity index (χ4n) is 2.49. The molecule has 0 spiro atoms. The Morgan fingerprint density at radius 3 is 2.55 bits per heavy atom. The largest absolute Gasteiger partial charge is 0.467 e. The number of amides is 2. The molecule has 2 aromatic carbocycles. The number of thiocarbonyl (C=S) groups is 1. The molecule has 0 bridgehead atoms. The topological polar surface area (TPSA) is 83.4 Å². The monoisotopic (exact) mass is 471 g/mol. The Hall–Kier alpha value is -2.97. The van der Waals surface area contributed by atoms with Gasteiger partial charge in [-0.05, 0) is 67.2 Å². The number of carbonyl (C=O) groups is 2. The summed E-state index contributed by atoms with van der Waals surface area (Å²) < 4.78 is 6.04. The fraction of sp³-hybridized carbons (Fsp3) is 0.0952. The van der Waals surface area contributed by atoms with Gasteiger partial charge in [-0.2, -0.15) is 0 Å². The minimum absolute atomic E-state index is 0.139. The van der Waals surface area contributed by atoms with Crippen molar-refractivity contribution in [3.8, 4) is 0 Å². The van der Waals surface area contributed by atoms with Crippen LogP contribution in [0.4, 0.5) is 5.69 Å².